The molecular weight excluding hydrogens is 320 g/mol. The van der Waals surface area contributed by atoms with Crippen LogP contribution in [0, 0.1) is 18.8 Å². The van der Waals surface area contributed by atoms with Crippen LogP contribution in [0.4, 0.5) is 5.69 Å². The van der Waals surface area contributed by atoms with Crippen LogP contribution in [0.2, 0.25) is 0 Å². The molecule has 0 saturated carbocycles. The molecule has 1 aromatic carbocycles. The number of benzene rings is 1. The molecule has 1 aliphatic heterocycles. The summed E-state index contributed by atoms with van der Waals surface area (Å²) in [4.78, 5) is 37.7. The second kappa shape index (κ2) is 8.14. The number of amides is 2. The van der Waals surface area contributed by atoms with Gasteiger partial charge >= 0.3 is 5.97 Å². The van der Waals surface area contributed by atoms with Crippen LogP contribution < -0.4 is 10.2 Å². The quantitative estimate of drug-likeness (QED) is 0.794. The second-order valence-corrected chi connectivity index (χ2v) is 7.04. The fraction of sp³-hybridized carbons (Fsp3) is 0.526. The molecular formula is C19H26N2O4. The summed E-state index contributed by atoms with van der Waals surface area (Å²) in [5, 5.41) is 12.0. The number of aliphatic carboxylic acids is 1. The van der Waals surface area contributed by atoms with Gasteiger partial charge in [-0.3, -0.25) is 14.4 Å². The third kappa shape index (κ3) is 4.81. The third-order valence-corrected chi connectivity index (χ3v) is 4.38. The molecule has 2 N–H and O–H groups in total. The summed E-state index contributed by atoms with van der Waals surface area (Å²) in [6, 6.07) is 5.40. The van der Waals surface area contributed by atoms with Crippen LogP contribution in [0.15, 0.2) is 18.2 Å². The molecule has 1 atom stereocenters. The molecule has 0 bridgehead atoms. The van der Waals surface area contributed by atoms with E-state index in [1.165, 1.54) is 0 Å². The maximum Gasteiger partial charge on any atom is 0.308 e. The van der Waals surface area contributed by atoms with Crippen LogP contribution >= 0.6 is 0 Å². The van der Waals surface area contributed by atoms with Crippen LogP contribution in [-0.4, -0.2) is 36.0 Å². The van der Waals surface area contributed by atoms with E-state index < -0.39 is 11.9 Å². The van der Waals surface area contributed by atoms with Crippen molar-refractivity contribution in [3.05, 3.63) is 29.3 Å². The normalized spacial score (nSPS) is 15.5. The lowest BCUT2D eigenvalue weighted by atomic mass is 9.97. The molecule has 25 heavy (non-hydrogen) atoms. The number of carbonyl (C=O) groups is 3. The number of anilines is 1. The Morgan fingerprint density at radius 3 is 2.60 bits per heavy atom. The molecule has 2 amide bonds. The van der Waals surface area contributed by atoms with Crippen LogP contribution in [0.3, 0.4) is 0 Å². The Morgan fingerprint density at radius 2 is 2.04 bits per heavy atom. The van der Waals surface area contributed by atoms with Gasteiger partial charge in [0.15, 0.2) is 0 Å². The summed E-state index contributed by atoms with van der Waals surface area (Å²) in [7, 11) is 0. The smallest absolute Gasteiger partial charge is 0.308 e. The van der Waals surface area contributed by atoms with Crippen molar-refractivity contribution in [2.24, 2.45) is 11.8 Å². The van der Waals surface area contributed by atoms with E-state index in [-0.39, 0.29) is 24.3 Å². The number of nitrogens with one attached hydrogen (secondary N) is 1. The summed E-state index contributed by atoms with van der Waals surface area (Å²) in [6.45, 7) is 6.47. The molecule has 0 radical (unpaired) electrons. The van der Waals surface area contributed by atoms with E-state index in [0.29, 0.717) is 30.6 Å². The molecule has 0 aromatic heterocycles. The average Bonchev–Trinajstić information content (AvgIpc) is 2.96. The molecule has 0 spiro atoms. The lowest BCUT2D eigenvalue weighted by Crippen LogP contribution is -2.35. The zero-order valence-electron chi connectivity index (χ0n) is 15.0. The first-order valence-electron chi connectivity index (χ1n) is 8.71. The molecule has 1 aliphatic rings. The predicted octanol–water partition coefficient (Wildman–Crippen LogP) is 2.60. The number of nitrogens with zero attached hydrogens (tertiary/aromatic N) is 1. The van der Waals surface area contributed by atoms with E-state index in [9.17, 15) is 19.5 Å². The topological polar surface area (TPSA) is 86.7 Å². The monoisotopic (exact) mass is 346 g/mol. The number of aryl methyl sites for hydroxylation is 1. The number of carboxylic acids is 1. The summed E-state index contributed by atoms with van der Waals surface area (Å²) >= 11 is 0. The molecule has 1 heterocycles. The highest BCUT2D eigenvalue weighted by molar-refractivity contribution is 6.05. The first-order valence-corrected chi connectivity index (χ1v) is 8.71. The minimum absolute atomic E-state index is 0.0149. The van der Waals surface area contributed by atoms with Gasteiger partial charge in [0, 0.05) is 19.5 Å². The van der Waals surface area contributed by atoms with Gasteiger partial charge in [-0.05, 0) is 37.8 Å². The number of hydrogen-bond donors (Lipinski definition) is 2. The van der Waals surface area contributed by atoms with Crippen molar-refractivity contribution < 1.29 is 19.5 Å². The summed E-state index contributed by atoms with van der Waals surface area (Å²) in [5.74, 6) is -1.62. The number of hydrogen-bond acceptors (Lipinski definition) is 3. The fourth-order valence-electron chi connectivity index (χ4n) is 3.12. The number of carbonyl (C=O) groups excluding carboxylic acids is 2. The minimum atomic E-state index is -0.909. The lowest BCUT2D eigenvalue weighted by Gasteiger charge is -2.21. The minimum Gasteiger partial charge on any atom is -0.481 e. The highest BCUT2D eigenvalue weighted by atomic mass is 16.4. The van der Waals surface area contributed by atoms with E-state index >= 15 is 0 Å². The Hall–Kier alpha value is -2.37. The van der Waals surface area contributed by atoms with Gasteiger partial charge in [0.25, 0.3) is 5.91 Å². The van der Waals surface area contributed by atoms with Gasteiger partial charge in [-0.2, -0.15) is 0 Å². The van der Waals surface area contributed by atoms with Gasteiger partial charge in [0.1, 0.15) is 0 Å². The van der Waals surface area contributed by atoms with Crippen LogP contribution in [0.25, 0.3) is 0 Å². The van der Waals surface area contributed by atoms with E-state index in [4.69, 9.17) is 0 Å². The molecule has 6 heteroatoms. The summed E-state index contributed by atoms with van der Waals surface area (Å²) in [6.07, 6.45) is 1.77. The molecule has 1 saturated heterocycles. The van der Waals surface area contributed by atoms with Crippen molar-refractivity contribution in [3.63, 3.8) is 0 Å². The van der Waals surface area contributed by atoms with Gasteiger partial charge in [-0.1, -0.05) is 25.5 Å². The lowest BCUT2D eigenvalue weighted by molar-refractivity contribution is -0.142. The van der Waals surface area contributed by atoms with Crippen molar-refractivity contribution in [2.75, 3.05) is 18.0 Å². The number of carboxylic acid groups (broad SMARTS) is 1. The standard InChI is InChI=1S/C19H26N2O4/c1-12(2)9-14(19(24)25)11-20-18(23)15-10-13(3)6-7-16(15)21-8-4-5-17(21)22/h6-7,10,12,14H,4-5,8-9,11H2,1-3H3,(H,20,23)(H,24,25)/t14-/m0/s1. The van der Waals surface area contributed by atoms with E-state index in [2.05, 4.69) is 5.32 Å². The van der Waals surface area contributed by atoms with Gasteiger partial charge in [0.2, 0.25) is 5.91 Å². The maximum absolute atomic E-state index is 12.7. The van der Waals surface area contributed by atoms with E-state index in [0.717, 1.165) is 12.0 Å². The SMILES string of the molecule is Cc1ccc(N2CCCC2=O)c(C(=O)NC[C@H](CC(C)C)C(=O)O)c1. The molecule has 0 aliphatic carbocycles. The molecule has 6 nitrogen and oxygen atoms in total. The zero-order chi connectivity index (χ0) is 18.6. The largest absolute Gasteiger partial charge is 0.481 e. The molecule has 1 fully saturated rings. The van der Waals surface area contributed by atoms with Crippen molar-refractivity contribution in [1.82, 2.24) is 5.32 Å². The van der Waals surface area contributed by atoms with E-state index in [1.54, 1.807) is 17.0 Å². The number of rotatable bonds is 7. The van der Waals surface area contributed by atoms with Crippen LogP contribution in [0.1, 0.15) is 49.0 Å². The van der Waals surface area contributed by atoms with E-state index in [1.807, 2.05) is 26.8 Å². The fourth-order valence-corrected chi connectivity index (χ4v) is 3.12. The Bertz CT molecular complexity index is 669. The Labute approximate surface area is 148 Å². The van der Waals surface area contributed by atoms with Crippen molar-refractivity contribution in [3.8, 4) is 0 Å². The van der Waals surface area contributed by atoms with Crippen molar-refractivity contribution in [1.29, 1.82) is 0 Å². The van der Waals surface area contributed by atoms with Gasteiger partial charge < -0.3 is 15.3 Å². The predicted molar refractivity (Wildman–Crippen MR) is 95.7 cm³/mol. The summed E-state index contributed by atoms with van der Waals surface area (Å²) < 4.78 is 0. The summed E-state index contributed by atoms with van der Waals surface area (Å²) in [5.41, 5.74) is 1.93. The zero-order valence-corrected chi connectivity index (χ0v) is 15.0. The van der Waals surface area contributed by atoms with Gasteiger partial charge in [-0.25, -0.2) is 0 Å². The van der Waals surface area contributed by atoms with Crippen molar-refractivity contribution in [2.45, 2.75) is 40.0 Å². The maximum atomic E-state index is 12.7. The Balaban J connectivity index is 2.16. The van der Waals surface area contributed by atoms with Crippen LogP contribution in [-0.2, 0) is 9.59 Å². The average molecular weight is 346 g/mol. The highest BCUT2D eigenvalue weighted by Crippen LogP contribution is 2.26. The second-order valence-electron chi connectivity index (χ2n) is 7.04. The van der Waals surface area contributed by atoms with Crippen molar-refractivity contribution >= 4 is 23.5 Å². The molecule has 136 valence electrons. The molecule has 1 aromatic rings. The molecule has 2 rings (SSSR count). The Kier molecular flexibility index (Phi) is 6.17. The highest BCUT2D eigenvalue weighted by Gasteiger charge is 2.26. The molecule has 0 unspecified atom stereocenters. The first-order chi connectivity index (χ1) is 11.8. The Morgan fingerprint density at radius 1 is 1.32 bits per heavy atom. The van der Waals surface area contributed by atoms with Gasteiger partial charge in [-0.15, -0.1) is 0 Å². The van der Waals surface area contributed by atoms with Gasteiger partial charge in [0.05, 0.1) is 17.2 Å². The van der Waals surface area contributed by atoms with Crippen LogP contribution in [0.5, 0.6) is 0 Å². The third-order valence-electron chi connectivity index (χ3n) is 4.38. The first kappa shape index (κ1) is 19.0.